The quantitative estimate of drug-likeness (QED) is 0.794. The molecule has 0 atom stereocenters. The van der Waals surface area contributed by atoms with Crippen molar-refractivity contribution in [2.45, 2.75) is 25.7 Å². The smallest absolute Gasteiger partial charge is 0.207 e. The number of halogens is 1. The molecule has 3 nitrogen and oxygen atoms in total. The Morgan fingerprint density at radius 3 is 2.45 bits per heavy atom. The summed E-state index contributed by atoms with van der Waals surface area (Å²) in [6, 6.07) is 6.43. The lowest BCUT2D eigenvalue weighted by Crippen LogP contribution is -2.27. The van der Waals surface area contributed by atoms with E-state index in [9.17, 15) is 8.42 Å². The number of hydrogen-bond donors (Lipinski definition) is 0. The summed E-state index contributed by atoms with van der Waals surface area (Å²) in [6.07, 6.45) is 3.60. The van der Waals surface area contributed by atoms with E-state index < -0.39 is 10.0 Å². The highest BCUT2D eigenvalue weighted by molar-refractivity contribution is 7.89. The summed E-state index contributed by atoms with van der Waals surface area (Å²) >= 11 is 5.94. The maximum atomic E-state index is 12.3. The van der Waals surface area contributed by atoms with Crippen molar-refractivity contribution in [2.75, 3.05) is 13.6 Å². The van der Waals surface area contributed by atoms with Gasteiger partial charge in [-0.25, -0.2) is 8.42 Å². The highest BCUT2D eigenvalue weighted by Gasteiger charge is 2.22. The summed E-state index contributed by atoms with van der Waals surface area (Å²) in [5.41, 5.74) is 3.03. The standard InChI is InChI=1S/C15H20ClNO2S/c1-15(2,3)11-7-8-12-17(4)20(18,19)14-10-6-5-9-13(14)16/h5-6,8-11H,12H2,1-4H3. The van der Waals surface area contributed by atoms with Crippen molar-refractivity contribution in [3.8, 4) is 0 Å². The molecule has 0 fully saturated rings. The molecule has 0 heterocycles. The highest BCUT2D eigenvalue weighted by atomic mass is 35.5. The average molecular weight is 314 g/mol. The van der Waals surface area contributed by atoms with Crippen LogP contribution in [0.25, 0.3) is 0 Å². The third-order valence-corrected chi connectivity index (χ3v) is 4.83. The predicted molar refractivity (Wildman–Crippen MR) is 83.4 cm³/mol. The van der Waals surface area contributed by atoms with Gasteiger partial charge in [0.25, 0.3) is 0 Å². The summed E-state index contributed by atoms with van der Waals surface area (Å²) in [4.78, 5) is 0.123. The lowest BCUT2D eigenvalue weighted by Gasteiger charge is -2.15. The van der Waals surface area contributed by atoms with Crippen LogP contribution in [0.4, 0.5) is 0 Å². The van der Waals surface area contributed by atoms with Gasteiger partial charge in [-0.1, -0.05) is 44.5 Å². The number of sulfonamides is 1. The molecular weight excluding hydrogens is 294 g/mol. The molecule has 0 N–H and O–H groups in total. The van der Waals surface area contributed by atoms with Gasteiger partial charge in [0.15, 0.2) is 0 Å². The molecule has 0 saturated heterocycles. The second-order valence-electron chi connectivity index (χ2n) is 5.60. The summed E-state index contributed by atoms with van der Waals surface area (Å²) in [6.45, 7) is 6.41. The van der Waals surface area contributed by atoms with E-state index in [1.165, 1.54) is 17.4 Å². The second-order valence-corrected chi connectivity index (χ2v) is 8.02. The van der Waals surface area contributed by atoms with Gasteiger partial charge >= 0.3 is 0 Å². The summed E-state index contributed by atoms with van der Waals surface area (Å²) in [7, 11) is -2.05. The zero-order valence-corrected chi connectivity index (χ0v) is 13.8. The fourth-order valence-electron chi connectivity index (χ4n) is 1.41. The van der Waals surface area contributed by atoms with Gasteiger partial charge in [-0.3, -0.25) is 0 Å². The van der Waals surface area contributed by atoms with E-state index in [2.05, 4.69) is 26.5 Å². The van der Waals surface area contributed by atoms with E-state index >= 15 is 0 Å². The molecule has 0 aliphatic carbocycles. The molecule has 0 aliphatic heterocycles. The van der Waals surface area contributed by atoms with Crippen molar-refractivity contribution in [3.05, 3.63) is 47.2 Å². The first-order chi connectivity index (χ1) is 9.14. The van der Waals surface area contributed by atoms with Crippen LogP contribution in [-0.4, -0.2) is 26.3 Å². The third kappa shape index (κ3) is 4.80. The largest absolute Gasteiger partial charge is 0.244 e. The van der Waals surface area contributed by atoms with Gasteiger partial charge in [-0.2, -0.15) is 4.31 Å². The maximum absolute atomic E-state index is 12.3. The van der Waals surface area contributed by atoms with Crippen LogP contribution in [0.5, 0.6) is 0 Å². The Kier molecular flexibility index (Phi) is 5.60. The molecule has 0 bridgehead atoms. The first kappa shape index (κ1) is 17.0. The average Bonchev–Trinajstić information content (AvgIpc) is 2.33. The molecule has 1 aromatic rings. The first-order valence-electron chi connectivity index (χ1n) is 6.27. The van der Waals surface area contributed by atoms with E-state index in [0.29, 0.717) is 0 Å². The van der Waals surface area contributed by atoms with Gasteiger partial charge in [-0.15, -0.1) is 5.73 Å². The molecule has 0 radical (unpaired) electrons. The Bertz CT molecular complexity index is 624. The molecule has 0 unspecified atom stereocenters. The number of rotatable bonds is 4. The lowest BCUT2D eigenvalue weighted by atomic mass is 9.97. The van der Waals surface area contributed by atoms with Crippen molar-refractivity contribution in [2.24, 2.45) is 5.41 Å². The van der Waals surface area contributed by atoms with Gasteiger partial charge < -0.3 is 0 Å². The van der Waals surface area contributed by atoms with E-state index in [1.807, 2.05) is 6.08 Å². The van der Waals surface area contributed by atoms with Crippen LogP contribution >= 0.6 is 11.6 Å². The molecule has 0 spiro atoms. The van der Waals surface area contributed by atoms with E-state index in [1.54, 1.807) is 24.3 Å². The molecule has 0 aliphatic rings. The summed E-state index contributed by atoms with van der Waals surface area (Å²) in [5, 5.41) is 0.230. The van der Waals surface area contributed by atoms with Crippen molar-refractivity contribution < 1.29 is 8.42 Å². The van der Waals surface area contributed by atoms with E-state index in [-0.39, 0.29) is 21.9 Å². The van der Waals surface area contributed by atoms with Crippen LogP contribution < -0.4 is 0 Å². The minimum atomic E-state index is -3.57. The number of benzene rings is 1. The van der Waals surface area contributed by atoms with Crippen LogP contribution in [0.15, 0.2) is 47.0 Å². The fourth-order valence-corrected chi connectivity index (χ4v) is 3.01. The van der Waals surface area contributed by atoms with E-state index in [4.69, 9.17) is 11.6 Å². The van der Waals surface area contributed by atoms with Gasteiger partial charge in [0.05, 0.1) is 5.02 Å². The molecule has 110 valence electrons. The molecule has 0 saturated carbocycles. The zero-order chi connectivity index (χ0) is 15.4. The van der Waals surface area contributed by atoms with Crippen molar-refractivity contribution in [1.82, 2.24) is 4.31 Å². The van der Waals surface area contributed by atoms with Crippen LogP contribution in [0.3, 0.4) is 0 Å². The maximum Gasteiger partial charge on any atom is 0.244 e. The van der Waals surface area contributed by atoms with Crippen molar-refractivity contribution in [1.29, 1.82) is 0 Å². The monoisotopic (exact) mass is 313 g/mol. The minimum Gasteiger partial charge on any atom is -0.207 e. The molecule has 1 aromatic carbocycles. The Morgan fingerprint density at radius 2 is 1.90 bits per heavy atom. The molecule has 5 heteroatoms. The van der Waals surface area contributed by atoms with Crippen LogP contribution in [-0.2, 0) is 10.0 Å². The second kappa shape index (κ2) is 6.59. The minimum absolute atomic E-state index is 0.0245. The van der Waals surface area contributed by atoms with Gasteiger partial charge in [0.2, 0.25) is 10.0 Å². The van der Waals surface area contributed by atoms with Crippen molar-refractivity contribution in [3.63, 3.8) is 0 Å². The topological polar surface area (TPSA) is 37.4 Å². The molecule has 0 aromatic heterocycles. The van der Waals surface area contributed by atoms with Crippen LogP contribution in [0.2, 0.25) is 5.02 Å². The number of hydrogen-bond acceptors (Lipinski definition) is 2. The fraction of sp³-hybridized carbons (Fsp3) is 0.400. The van der Waals surface area contributed by atoms with Gasteiger partial charge in [0, 0.05) is 13.6 Å². The lowest BCUT2D eigenvalue weighted by molar-refractivity contribution is 0.499. The normalized spacial score (nSPS) is 12.1. The van der Waals surface area contributed by atoms with Gasteiger partial charge in [0.1, 0.15) is 4.90 Å². The van der Waals surface area contributed by atoms with Gasteiger partial charge in [-0.05, 0) is 29.7 Å². The Morgan fingerprint density at radius 1 is 1.30 bits per heavy atom. The van der Waals surface area contributed by atoms with Crippen LogP contribution in [0, 0.1) is 5.41 Å². The third-order valence-electron chi connectivity index (χ3n) is 2.51. The Balaban J connectivity index is 2.90. The Hall–Kier alpha value is -1.06. The SMILES string of the molecule is CN(CC=C=CC(C)(C)C)S(=O)(=O)c1ccccc1Cl. The first-order valence-corrected chi connectivity index (χ1v) is 8.09. The number of likely N-dealkylation sites (N-methyl/N-ethyl adjacent to an activating group) is 1. The molecule has 1 rings (SSSR count). The highest BCUT2D eigenvalue weighted by Crippen LogP contribution is 2.23. The molecule has 20 heavy (non-hydrogen) atoms. The Labute approximate surface area is 126 Å². The number of nitrogens with zero attached hydrogens (tertiary/aromatic N) is 1. The summed E-state index contributed by atoms with van der Waals surface area (Å²) < 4.78 is 25.9. The van der Waals surface area contributed by atoms with Crippen LogP contribution in [0.1, 0.15) is 20.8 Å². The van der Waals surface area contributed by atoms with Crippen molar-refractivity contribution >= 4 is 21.6 Å². The van der Waals surface area contributed by atoms with E-state index in [0.717, 1.165) is 0 Å². The predicted octanol–water partition coefficient (Wildman–Crippen LogP) is 3.72. The molecule has 0 amide bonds. The summed E-state index contributed by atoms with van der Waals surface area (Å²) in [5.74, 6) is 0. The zero-order valence-electron chi connectivity index (χ0n) is 12.2. The molecular formula is C15H20ClNO2S.